The van der Waals surface area contributed by atoms with Crippen molar-refractivity contribution in [1.82, 2.24) is 15.1 Å². The molecule has 1 aliphatic carbocycles. The quantitative estimate of drug-likeness (QED) is 0.834. The molecule has 124 valence electrons. The Morgan fingerprint density at radius 2 is 1.95 bits per heavy atom. The minimum absolute atomic E-state index is 0.333. The summed E-state index contributed by atoms with van der Waals surface area (Å²) in [5, 5.41) is 3.43. The third-order valence-corrected chi connectivity index (χ3v) is 6.32. The van der Waals surface area contributed by atoms with E-state index in [-0.39, 0.29) is 0 Å². The van der Waals surface area contributed by atoms with Crippen LogP contribution >= 0.6 is 0 Å². The number of piperidine rings is 1. The SMILES string of the molecule is O=C(C1CC12CCNCC2)N1CCCC1CN1CCOCC1. The van der Waals surface area contributed by atoms with Crippen LogP contribution < -0.4 is 5.32 Å². The van der Waals surface area contributed by atoms with E-state index in [0.717, 1.165) is 58.9 Å². The average molecular weight is 307 g/mol. The van der Waals surface area contributed by atoms with Crippen LogP contribution in [0.2, 0.25) is 0 Å². The number of amides is 1. The van der Waals surface area contributed by atoms with Crippen molar-refractivity contribution >= 4 is 5.91 Å². The average Bonchev–Trinajstić information content (AvgIpc) is 3.04. The van der Waals surface area contributed by atoms with E-state index in [1.165, 1.54) is 25.7 Å². The second-order valence-electron chi connectivity index (χ2n) is 7.61. The van der Waals surface area contributed by atoms with Gasteiger partial charge in [0.25, 0.3) is 0 Å². The van der Waals surface area contributed by atoms with Gasteiger partial charge in [0.05, 0.1) is 13.2 Å². The Morgan fingerprint density at radius 3 is 2.73 bits per heavy atom. The second-order valence-corrected chi connectivity index (χ2v) is 7.61. The third-order valence-electron chi connectivity index (χ3n) is 6.32. The minimum Gasteiger partial charge on any atom is -0.379 e. The first kappa shape index (κ1) is 14.9. The van der Waals surface area contributed by atoms with Crippen LogP contribution in [0.5, 0.6) is 0 Å². The largest absolute Gasteiger partial charge is 0.379 e. The van der Waals surface area contributed by atoms with E-state index in [1.54, 1.807) is 0 Å². The van der Waals surface area contributed by atoms with Gasteiger partial charge in [0.2, 0.25) is 5.91 Å². The van der Waals surface area contributed by atoms with Crippen molar-refractivity contribution in [3.8, 4) is 0 Å². The molecule has 3 heterocycles. The fraction of sp³-hybridized carbons (Fsp3) is 0.941. The van der Waals surface area contributed by atoms with E-state index in [2.05, 4.69) is 15.1 Å². The lowest BCUT2D eigenvalue weighted by Gasteiger charge is -2.33. The summed E-state index contributed by atoms with van der Waals surface area (Å²) >= 11 is 0. The molecular weight excluding hydrogens is 278 g/mol. The number of hydrogen-bond acceptors (Lipinski definition) is 4. The molecule has 1 spiro atoms. The van der Waals surface area contributed by atoms with E-state index in [1.807, 2.05) is 0 Å². The Morgan fingerprint density at radius 1 is 1.18 bits per heavy atom. The van der Waals surface area contributed by atoms with E-state index in [4.69, 9.17) is 4.74 Å². The van der Waals surface area contributed by atoms with Gasteiger partial charge in [-0.05, 0) is 50.6 Å². The Labute approximate surface area is 133 Å². The lowest BCUT2D eigenvalue weighted by Crippen LogP contribution is -2.47. The van der Waals surface area contributed by atoms with Gasteiger partial charge in [0, 0.05) is 38.1 Å². The summed E-state index contributed by atoms with van der Waals surface area (Å²) in [6.07, 6.45) is 5.91. The molecule has 0 aromatic heterocycles. The first-order valence-electron chi connectivity index (χ1n) is 9.10. The second kappa shape index (κ2) is 6.10. The Hall–Kier alpha value is -0.650. The summed E-state index contributed by atoms with van der Waals surface area (Å²) in [4.78, 5) is 17.7. The first-order valence-corrected chi connectivity index (χ1v) is 9.10. The molecule has 0 aromatic rings. The topological polar surface area (TPSA) is 44.8 Å². The highest BCUT2D eigenvalue weighted by Crippen LogP contribution is 2.59. The Kier molecular flexibility index (Phi) is 4.13. The standard InChI is InChI=1S/C17H29N3O2/c21-16(15-12-17(15)3-5-18-6-4-17)20-7-1-2-14(20)13-19-8-10-22-11-9-19/h14-15,18H,1-13H2. The number of morpholine rings is 1. The van der Waals surface area contributed by atoms with Crippen LogP contribution in [0.15, 0.2) is 0 Å². The van der Waals surface area contributed by atoms with Crippen LogP contribution in [0.4, 0.5) is 0 Å². The van der Waals surface area contributed by atoms with Crippen molar-refractivity contribution in [3.63, 3.8) is 0 Å². The highest BCUT2D eigenvalue weighted by Gasteiger charge is 2.59. The number of nitrogens with one attached hydrogen (secondary N) is 1. The number of carbonyl (C=O) groups excluding carboxylic acids is 1. The maximum Gasteiger partial charge on any atom is 0.226 e. The summed E-state index contributed by atoms with van der Waals surface area (Å²) in [6, 6.07) is 0.449. The molecule has 1 amide bonds. The summed E-state index contributed by atoms with van der Waals surface area (Å²) < 4.78 is 5.43. The molecule has 5 heteroatoms. The van der Waals surface area contributed by atoms with Gasteiger partial charge in [-0.25, -0.2) is 0 Å². The van der Waals surface area contributed by atoms with Gasteiger partial charge in [0.1, 0.15) is 0 Å². The minimum atomic E-state index is 0.333. The fourth-order valence-electron chi connectivity index (χ4n) is 4.77. The lowest BCUT2D eigenvalue weighted by atomic mass is 9.91. The van der Waals surface area contributed by atoms with Crippen molar-refractivity contribution < 1.29 is 9.53 Å². The maximum absolute atomic E-state index is 13.0. The zero-order valence-corrected chi connectivity index (χ0v) is 13.6. The smallest absolute Gasteiger partial charge is 0.226 e. The molecule has 0 aromatic carbocycles. The van der Waals surface area contributed by atoms with Crippen molar-refractivity contribution in [2.75, 3.05) is 52.5 Å². The highest BCUT2D eigenvalue weighted by molar-refractivity contribution is 5.83. The molecular formula is C17H29N3O2. The zero-order valence-electron chi connectivity index (χ0n) is 13.6. The molecule has 1 N–H and O–H groups in total. The summed E-state index contributed by atoms with van der Waals surface area (Å²) in [6.45, 7) is 7.98. The van der Waals surface area contributed by atoms with Gasteiger partial charge in [-0.15, -0.1) is 0 Å². The van der Waals surface area contributed by atoms with Crippen LogP contribution in [0, 0.1) is 11.3 Å². The van der Waals surface area contributed by atoms with Crippen molar-refractivity contribution in [2.24, 2.45) is 11.3 Å². The Balaban J connectivity index is 1.35. The predicted molar refractivity (Wildman–Crippen MR) is 84.6 cm³/mol. The zero-order chi connectivity index (χ0) is 15.0. The molecule has 1 saturated carbocycles. The molecule has 2 atom stereocenters. The van der Waals surface area contributed by atoms with E-state index in [0.29, 0.717) is 23.3 Å². The molecule has 22 heavy (non-hydrogen) atoms. The maximum atomic E-state index is 13.0. The summed E-state index contributed by atoms with van der Waals surface area (Å²) in [5.41, 5.74) is 0.369. The van der Waals surface area contributed by atoms with Gasteiger partial charge in [-0.2, -0.15) is 0 Å². The number of rotatable bonds is 3. The number of likely N-dealkylation sites (tertiary alicyclic amines) is 1. The van der Waals surface area contributed by atoms with Gasteiger partial charge in [-0.3, -0.25) is 9.69 Å². The number of ether oxygens (including phenoxy) is 1. The number of nitrogens with zero attached hydrogens (tertiary/aromatic N) is 2. The van der Waals surface area contributed by atoms with E-state index in [9.17, 15) is 4.79 Å². The van der Waals surface area contributed by atoms with Crippen LogP contribution in [0.3, 0.4) is 0 Å². The van der Waals surface area contributed by atoms with Gasteiger partial charge in [-0.1, -0.05) is 0 Å². The summed E-state index contributed by atoms with van der Waals surface area (Å²) in [5.74, 6) is 0.803. The van der Waals surface area contributed by atoms with E-state index >= 15 is 0 Å². The molecule has 4 rings (SSSR count). The lowest BCUT2D eigenvalue weighted by molar-refractivity contribution is -0.135. The first-order chi connectivity index (χ1) is 10.8. The van der Waals surface area contributed by atoms with Crippen molar-refractivity contribution in [1.29, 1.82) is 0 Å². The molecule has 0 bridgehead atoms. The fourth-order valence-corrected chi connectivity index (χ4v) is 4.77. The van der Waals surface area contributed by atoms with Crippen molar-refractivity contribution in [3.05, 3.63) is 0 Å². The van der Waals surface area contributed by atoms with Gasteiger partial charge in [0.15, 0.2) is 0 Å². The van der Waals surface area contributed by atoms with E-state index < -0.39 is 0 Å². The van der Waals surface area contributed by atoms with Crippen LogP contribution in [0.1, 0.15) is 32.1 Å². The normalized spacial score (nSPS) is 35.0. The molecule has 4 aliphatic rings. The third kappa shape index (κ3) is 2.79. The molecule has 3 saturated heterocycles. The molecule has 4 fully saturated rings. The van der Waals surface area contributed by atoms with Crippen molar-refractivity contribution in [2.45, 2.75) is 38.1 Å². The van der Waals surface area contributed by atoms with Gasteiger partial charge < -0.3 is 15.0 Å². The molecule has 0 radical (unpaired) electrons. The highest BCUT2D eigenvalue weighted by atomic mass is 16.5. The van der Waals surface area contributed by atoms with Crippen LogP contribution in [-0.4, -0.2) is 74.2 Å². The monoisotopic (exact) mass is 307 g/mol. The van der Waals surface area contributed by atoms with Gasteiger partial charge >= 0.3 is 0 Å². The summed E-state index contributed by atoms with van der Waals surface area (Å²) in [7, 11) is 0. The predicted octanol–water partition coefficient (Wildman–Crippen LogP) is 0.699. The van der Waals surface area contributed by atoms with Crippen LogP contribution in [0.25, 0.3) is 0 Å². The number of hydrogen-bond donors (Lipinski definition) is 1. The molecule has 2 unspecified atom stereocenters. The molecule has 3 aliphatic heterocycles. The van der Waals surface area contributed by atoms with Crippen LogP contribution in [-0.2, 0) is 9.53 Å². The molecule has 5 nitrogen and oxygen atoms in total. The number of carbonyl (C=O) groups is 1. The Bertz CT molecular complexity index is 416.